The van der Waals surface area contributed by atoms with Gasteiger partial charge in [0.15, 0.2) is 17.1 Å². The number of aromatic nitrogens is 1. The van der Waals surface area contributed by atoms with Gasteiger partial charge in [-0.1, -0.05) is 0 Å². The van der Waals surface area contributed by atoms with Crippen molar-refractivity contribution in [3.8, 4) is 10.8 Å². The Hall–Kier alpha value is -1.70. The Morgan fingerprint density at radius 1 is 1.33 bits per heavy atom. The second kappa shape index (κ2) is 7.04. The van der Waals surface area contributed by atoms with Gasteiger partial charge in [0.1, 0.15) is 0 Å². The fraction of sp³-hybridized carbons (Fsp3) is 0.529. The number of piperidine rings is 1. The molecule has 2 aliphatic heterocycles. The average Bonchev–Trinajstić information content (AvgIpc) is 3.36. The number of ether oxygens (including phenoxy) is 2. The molecule has 2 aromatic rings. The first kappa shape index (κ1) is 15.8. The van der Waals surface area contributed by atoms with Crippen LogP contribution in [0, 0.1) is 0 Å². The summed E-state index contributed by atoms with van der Waals surface area (Å²) in [5.74, 6) is 0.831. The van der Waals surface area contributed by atoms with E-state index in [0.29, 0.717) is 19.6 Å². The maximum absolute atomic E-state index is 12.8. The summed E-state index contributed by atoms with van der Waals surface area (Å²) >= 11 is 1.50. The van der Waals surface area contributed by atoms with E-state index in [1.54, 1.807) is 6.26 Å². The molecule has 2 fully saturated rings. The van der Waals surface area contributed by atoms with Gasteiger partial charge in [0.05, 0.1) is 37.6 Å². The molecule has 4 heterocycles. The average molecular weight is 348 g/mol. The summed E-state index contributed by atoms with van der Waals surface area (Å²) in [5, 5.41) is 2.73. The third kappa shape index (κ3) is 3.24. The molecule has 1 atom stereocenters. The van der Waals surface area contributed by atoms with Crippen molar-refractivity contribution in [1.82, 2.24) is 9.88 Å². The molecule has 2 aliphatic rings. The molecule has 0 N–H and O–H groups in total. The fourth-order valence-corrected chi connectivity index (χ4v) is 4.09. The maximum Gasteiger partial charge on any atom is 0.229 e. The molecule has 6 nitrogen and oxygen atoms in total. The van der Waals surface area contributed by atoms with Crippen LogP contribution in [0.1, 0.15) is 25.0 Å². The Bertz CT molecular complexity index is 679. The zero-order valence-electron chi connectivity index (χ0n) is 13.3. The van der Waals surface area contributed by atoms with Crippen molar-refractivity contribution in [1.29, 1.82) is 0 Å². The molecule has 2 aromatic heterocycles. The van der Waals surface area contributed by atoms with Gasteiger partial charge in [-0.2, -0.15) is 0 Å². The Balaban J connectivity index is 1.44. The van der Waals surface area contributed by atoms with Crippen molar-refractivity contribution in [2.45, 2.75) is 38.0 Å². The minimum absolute atomic E-state index is 0.0249. The molecule has 2 saturated heterocycles. The van der Waals surface area contributed by atoms with Crippen LogP contribution in [-0.4, -0.2) is 47.9 Å². The van der Waals surface area contributed by atoms with Crippen LogP contribution in [0.15, 0.2) is 28.2 Å². The van der Waals surface area contributed by atoms with Crippen molar-refractivity contribution in [3.63, 3.8) is 0 Å². The molecule has 1 amide bonds. The maximum atomic E-state index is 12.8. The fourth-order valence-electron chi connectivity index (χ4n) is 3.31. The zero-order valence-corrected chi connectivity index (χ0v) is 14.2. The van der Waals surface area contributed by atoms with Gasteiger partial charge in [-0.05, 0) is 31.4 Å². The number of hydrogen-bond donors (Lipinski definition) is 0. The number of furan rings is 1. The number of thiazole rings is 1. The Morgan fingerprint density at radius 2 is 2.21 bits per heavy atom. The van der Waals surface area contributed by atoms with Gasteiger partial charge >= 0.3 is 0 Å². The monoisotopic (exact) mass is 348 g/mol. The first-order valence-electron chi connectivity index (χ1n) is 8.32. The third-order valence-corrected chi connectivity index (χ3v) is 5.35. The molecule has 0 bridgehead atoms. The summed E-state index contributed by atoms with van der Waals surface area (Å²) in [5.41, 5.74) is 0.786. The van der Waals surface area contributed by atoms with E-state index in [2.05, 4.69) is 4.98 Å². The molecule has 128 valence electrons. The second-order valence-electron chi connectivity index (χ2n) is 6.06. The molecule has 0 saturated carbocycles. The van der Waals surface area contributed by atoms with Crippen molar-refractivity contribution in [2.75, 3.05) is 19.8 Å². The van der Waals surface area contributed by atoms with Crippen molar-refractivity contribution < 1.29 is 18.7 Å². The number of amides is 1. The number of hydrogen-bond acceptors (Lipinski definition) is 6. The van der Waals surface area contributed by atoms with Gasteiger partial charge in [0.2, 0.25) is 5.91 Å². The largest absolute Gasteiger partial charge is 0.462 e. The quantitative estimate of drug-likeness (QED) is 0.850. The summed E-state index contributed by atoms with van der Waals surface area (Å²) in [6.45, 7) is 1.99. The molecule has 0 aliphatic carbocycles. The highest BCUT2D eigenvalue weighted by molar-refractivity contribution is 7.13. The predicted molar refractivity (Wildman–Crippen MR) is 88.6 cm³/mol. The van der Waals surface area contributed by atoms with E-state index in [1.807, 2.05) is 22.4 Å². The Kier molecular flexibility index (Phi) is 4.64. The minimum Gasteiger partial charge on any atom is -0.462 e. The lowest BCUT2D eigenvalue weighted by Crippen LogP contribution is -2.50. The highest BCUT2D eigenvalue weighted by Gasteiger charge is 2.36. The molecule has 0 aromatic carbocycles. The predicted octanol–water partition coefficient (Wildman–Crippen LogP) is 2.70. The first-order valence-corrected chi connectivity index (χ1v) is 9.20. The van der Waals surface area contributed by atoms with E-state index in [9.17, 15) is 4.79 Å². The van der Waals surface area contributed by atoms with Gasteiger partial charge < -0.3 is 18.8 Å². The van der Waals surface area contributed by atoms with E-state index in [0.717, 1.165) is 42.3 Å². The van der Waals surface area contributed by atoms with Gasteiger partial charge in [-0.3, -0.25) is 4.79 Å². The van der Waals surface area contributed by atoms with E-state index in [-0.39, 0.29) is 18.2 Å². The smallest absolute Gasteiger partial charge is 0.229 e. The van der Waals surface area contributed by atoms with Crippen LogP contribution in [0.5, 0.6) is 0 Å². The van der Waals surface area contributed by atoms with E-state index >= 15 is 0 Å². The van der Waals surface area contributed by atoms with Crippen LogP contribution in [0.2, 0.25) is 0 Å². The van der Waals surface area contributed by atoms with Gasteiger partial charge in [0, 0.05) is 11.9 Å². The summed E-state index contributed by atoms with van der Waals surface area (Å²) < 4.78 is 16.6. The third-order valence-electron chi connectivity index (χ3n) is 4.45. The molecular weight excluding hydrogens is 328 g/mol. The Labute approximate surface area is 144 Å². The van der Waals surface area contributed by atoms with Crippen molar-refractivity contribution in [3.05, 3.63) is 29.5 Å². The summed E-state index contributed by atoms with van der Waals surface area (Å²) in [7, 11) is 0. The lowest BCUT2D eigenvalue weighted by molar-refractivity contribution is -0.150. The van der Waals surface area contributed by atoms with Crippen LogP contribution < -0.4 is 0 Å². The van der Waals surface area contributed by atoms with Crippen LogP contribution >= 0.6 is 11.3 Å². The van der Waals surface area contributed by atoms with Gasteiger partial charge in [-0.25, -0.2) is 4.98 Å². The molecule has 24 heavy (non-hydrogen) atoms. The van der Waals surface area contributed by atoms with Gasteiger partial charge in [0.25, 0.3) is 0 Å². The number of carbonyl (C=O) groups is 1. The SMILES string of the molecule is O=C(Cc1csc(-c2ccco2)n1)N1CCCCC1C1OCCO1. The van der Waals surface area contributed by atoms with Gasteiger partial charge in [-0.15, -0.1) is 11.3 Å². The van der Waals surface area contributed by atoms with Crippen LogP contribution in [0.25, 0.3) is 10.8 Å². The molecule has 4 rings (SSSR count). The summed E-state index contributed by atoms with van der Waals surface area (Å²) in [4.78, 5) is 19.2. The second-order valence-corrected chi connectivity index (χ2v) is 6.92. The number of carbonyl (C=O) groups excluding carboxylic acids is 1. The molecular formula is C17H20N2O4S. The zero-order chi connectivity index (χ0) is 16.4. The van der Waals surface area contributed by atoms with Crippen LogP contribution in [-0.2, 0) is 20.7 Å². The standard InChI is InChI=1S/C17H20N2O4S/c20-15(10-12-11-24-16(18-12)14-5-3-7-21-14)19-6-2-1-4-13(19)17-22-8-9-23-17/h3,5,7,11,13,17H,1-2,4,6,8-10H2. The topological polar surface area (TPSA) is 64.8 Å². The van der Waals surface area contributed by atoms with E-state index < -0.39 is 0 Å². The summed E-state index contributed by atoms with van der Waals surface area (Å²) in [6, 6.07) is 3.73. The van der Waals surface area contributed by atoms with Crippen LogP contribution in [0.3, 0.4) is 0 Å². The van der Waals surface area contributed by atoms with E-state index in [4.69, 9.17) is 13.9 Å². The Morgan fingerprint density at radius 3 is 3.00 bits per heavy atom. The first-order chi connectivity index (χ1) is 11.8. The highest BCUT2D eigenvalue weighted by atomic mass is 32.1. The summed E-state index contributed by atoms with van der Waals surface area (Å²) in [6.07, 6.45) is 4.73. The van der Waals surface area contributed by atoms with E-state index in [1.165, 1.54) is 11.3 Å². The molecule has 7 heteroatoms. The highest BCUT2D eigenvalue weighted by Crippen LogP contribution is 2.27. The normalized spacial score (nSPS) is 22.2. The van der Waals surface area contributed by atoms with Crippen LogP contribution in [0.4, 0.5) is 0 Å². The number of nitrogens with zero attached hydrogens (tertiary/aromatic N) is 2. The number of likely N-dealkylation sites (tertiary alicyclic amines) is 1. The number of rotatable bonds is 4. The minimum atomic E-state index is -0.275. The van der Waals surface area contributed by atoms with Crippen molar-refractivity contribution >= 4 is 17.2 Å². The molecule has 0 spiro atoms. The molecule has 0 radical (unpaired) electrons. The lowest BCUT2D eigenvalue weighted by atomic mass is 10.0. The molecule has 1 unspecified atom stereocenters. The van der Waals surface area contributed by atoms with Crippen molar-refractivity contribution in [2.24, 2.45) is 0 Å². The lowest BCUT2D eigenvalue weighted by Gasteiger charge is -2.38.